The van der Waals surface area contributed by atoms with Gasteiger partial charge in [-0.1, -0.05) is 41.9 Å². The predicted molar refractivity (Wildman–Crippen MR) is 120 cm³/mol. The quantitative estimate of drug-likeness (QED) is 0.536. The van der Waals surface area contributed by atoms with E-state index in [0.717, 1.165) is 25.1 Å². The Morgan fingerprint density at radius 2 is 1.72 bits per heavy atom. The second-order valence-electron chi connectivity index (χ2n) is 7.02. The normalized spacial score (nSPS) is 10.8. The molecule has 1 heterocycles. The Balaban J connectivity index is 1.78. The third kappa shape index (κ3) is 5.79. The van der Waals surface area contributed by atoms with E-state index in [0.29, 0.717) is 22.1 Å². The smallest absolute Gasteiger partial charge is 0.257 e. The number of carbonyl (C=O) groups excluding carboxylic acids is 1. The van der Waals surface area contributed by atoms with Crippen LogP contribution in [0.25, 0.3) is 0 Å². The summed E-state index contributed by atoms with van der Waals surface area (Å²) in [5.74, 6) is 0.318. The molecule has 1 aromatic heterocycles. The maximum atomic E-state index is 12.7. The highest BCUT2D eigenvalue weighted by atomic mass is 35.5. The van der Waals surface area contributed by atoms with Crippen molar-refractivity contribution in [3.05, 3.63) is 83.0 Å². The minimum absolute atomic E-state index is 0.272. The van der Waals surface area contributed by atoms with Crippen molar-refractivity contribution in [2.24, 2.45) is 0 Å². The van der Waals surface area contributed by atoms with Crippen LogP contribution in [0.5, 0.6) is 0 Å². The Labute approximate surface area is 176 Å². The van der Waals surface area contributed by atoms with Crippen LogP contribution in [0.15, 0.2) is 66.9 Å². The molecule has 0 spiro atoms. The van der Waals surface area contributed by atoms with Crippen LogP contribution in [-0.4, -0.2) is 36.4 Å². The van der Waals surface area contributed by atoms with E-state index in [4.69, 9.17) is 11.6 Å². The largest absolute Gasteiger partial charge is 0.338 e. The Hall–Kier alpha value is -2.89. The molecule has 0 unspecified atom stereocenters. The molecule has 3 rings (SSSR count). The number of aryl methyl sites for hydroxylation is 1. The maximum absolute atomic E-state index is 12.7. The number of amides is 1. The van der Waals surface area contributed by atoms with Crippen LogP contribution in [0.2, 0.25) is 5.02 Å². The highest BCUT2D eigenvalue weighted by Gasteiger charge is 2.13. The number of benzene rings is 2. The van der Waals surface area contributed by atoms with E-state index < -0.39 is 0 Å². The van der Waals surface area contributed by atoms with E-state index in [1.165, 1.54) is 5.56 Å². The lowest BCUT2D eigenvalue weighted by Gasteiger charge is -2.16. The number of carbonyl (C=O) groups is 1. The molecule has 0 fully saturated rings. The van der Waals surface area contributed by atoms with Crippen molar-refractivity contribution >= 4 is 34.7 Å². The van der Waals surface area contributed by atoms with Gasteiger partial charge in [0.2, 0.25) is 0 Å². The van der Waals surface area contributed by atoms with Gasteiger partial charge in [-0.2, -0.15) is 0 Å². The number of nitrogens with one attached hydrogen (secondary N) is 2. The highest BCUT2D eigenvalue weighted by Crippen LogP contribution is 2.27. The van der Waals surface area contributed by atoms with Crippen LogP contribution < -0.4 is 10.6 Å². The van der Waals surface area contributed by atoms with Gasteiger partial charge in [-0.25, -0.2) is 4.98 Å². The van der Waals surface area contributed by atoms with E-state index in [1.807, 2.05) is 24.3 Å². The first-order valence-electron chi connectivity index (χ1n) is 9.55. The van der Waals surface area contributed by atoms with E-state index in [9.17, 15) is 4.79 Å². The van der Waals surface area contributed by atoms with E-state index >= 15 is 0 Å². The first kappa shape index (κ1) is 20.8. The zero-order chi connectivity index (χ0) is 20.6. The van der Waals surface area contributed by atoms with Crippen molar-refractivity contribution in [2.75, 3.05) is 31.3 Å². The first-order chi connectivity index (χ1) is 14.0. The van der Waals surface area contributed by atoms with Gasteiger partial charge in [0, 0.05) is 11.9 Å². The highest BCUT2D eigenvalue weighted by molar-refractivity contribution is 6.34. The minimum Gasteiger partial charge on any atom is -0.338 e. The molecular weight excluding hydrogens is 384 g/mol. The molecule has 3 aromatic rings. The lowest BCUT2D eigenvalue weighted by atomic mass is 10.1. The van der Waals surface area contributed by atoms with Crippen molar-refractivity contribution in [1.82, 2.24) is 9.88 Å². The molecule has 6 heteroatoms. The lowest BCUT2D eigenvalue weighted by Crippen LogP contribution is -2.14. The molecule has 2 N–H and O–H groups in total. The van der Waals surface area contributed by atoms with Crippen molar-refractivity contribution in [2.45, 2.75) is 12.8 Å². The molecule has 0 atom stereocenters. The number of anilines is 3. The molecule has 29 heavy (non-hydrogen) atoms. The predicted octanol–water partition coefficient (Wildman–Crippen LogP) is 5.23. The number of aromatic nitrogens is 1. The third-order valence-electron chi connectivity index (χ3n) is 4.50. The molecule has 5 nitrogen and oxygen atoms in total. The Morgan fingerprint density at radius 1 is 1.00 bits per heavy atom. The number of hydrogen-bond acceptors (Lipinski definition) is 4. The summed E-state index contributed by atoms with van der Waals surface area (Å²) in [6, 6.07) is 18.7. The minimum atomic E-state index is -0.272. The average Bonchev–Trinajstić information content (AvgIpc) is 2.71. The average molecular weight is 409 g/mol. The molecular formula is C23H25ClN4O. The van der Waals surface area contributed by atoms with E-state index in [-0.39, 0.29) is 5.91 Å². The zero-order valence-corrected chi connectivity index (χ0v) is 17.4. The van der Waals surface area contributed by atoms with Crippen LogP contribution in [0.4, 0.5) is 17.2 Å². The van der Waals surface area contributed by atoms with Crippen molar-refractivity contribution in [3.8, 4) is 0 Å². The molecule has 1 amide bonds. The summed E-state index contributed by atoms with van der Waals surface area (Å²) in [5.41, 5.74) is 3.22. The number of pyridine rings is 1. The monoisotopic (exact) mass is 408 g/mol. The summed E-state index contributed by atoms with van der Waals surface area (Å²) in [5, 5.41) is 6.70. The lowest BCUT2D eigenvalue weighted by molar-refractivity contribution is 0.102. The third-order valence-corrected chi connectivity index (χ3v) is 4.83. The zero-order valence-electron chi connectivity index (χ0n) is 16.7. The fourth-order valence-electron chi connectivity index (χ4n) is 3.01. The fourth-order valence-corrected chi connectivity index (χ4v) is 3.24. The molecule has 2 aromatic carbocycles. The van der Waals surface area contributed by atoms with Crippen molar-refractivity contribution < 1.29 is 4.79 Å². The van der Waals surface area contributed by atoms with Crippen LogP contribution >= 0.6 is 11.6 Å². The van der Waals surface area contributed by atoms with Gasteiger partial charge in [0.1, 0.15) is 0 Å². The Kier molecular flexibility index (Phi) is 7.22. The van der Waals surface area contributed by atoms with Crippen molar-refractivity contribution in [1.29, 1.82) is 0 Å². The molecule has 0 radical (unpaired) electrons. The Bertz CT molecular complexity index is 974. The summed E-state index contributed by atoms with van der Waals surface area (Å²) in [6.07, 6.45) is 3.71. The molecule has 0 aliphatic heterocycles. The van der Waals surface area contributed by atoms with Crippen LogP contribution in [0.1, 0.15) is 22.3 Å². The fraction of sp³-hybridized carbons (Fsp3) is 0.217. The molecule has 0 aliphatic carbocycles. The maximum Gasteiger partial charge on any atom is 0.257 e. The Morgan fingerprint density at radius 3 is 2.52 bits per heavy atom. The SMILES string of the molecule is CN(C)CCCc1ccccc1Nc1ncccc1NC(=O)c1ccccc1Cl. The van der Waals surface area contributed by atoms with Crippen LogP contribution in [0, 0.1) is 0 Å². The topological polar surface area (TPSA) is 57.3 Å². The number of hydrogen-bond donors (Lipinski definition) is 2. The van der Waals surface area contributed by atoms with E-state index in [1.54, 1.807) is 36.5 Å². The number of para-hydroxylation sites is 1. The first-order valence-corrected chi connectivity index (χ1v) is 9.93. The van der Waals surface area contributed by atoms with Gasteiger partial charge in [0.15, 0.2) is 5.82 Å². The summed E-state index contributed by atoms with van der Waals surface area (Å²) >= 11 is 6.15. The van der Waals surface area contributed by atoms with E-state index in [2.05, 4.69) is 40.7 Å². The van der Waals surface area contributed by atoms with Crippen LogP contribution in [0.3, 0.4) is 0 Å². The molecule has 0 aliphatic rings. The van der Waals surface area contributed by atoms with Gasteiger partial charge in [0.25, 0.3) is 5.91 Å². The van der Waals surface area contributed by atoms with Gasteiger partial charge < -0.3 is 15.5 Å². The van der Waals surface area contributed by atoms with Gasteiger partial charge in [0.05, 0.1) is 16.3 Å². The summed E-state index contributed by atoms with van der Waals surface area (Å²) in [7, 11) is 4.15. The van der Waals surface area contributed by atoms with Gasteiger partial charge in [-0.15, -0.1) is 0 Å². The molecule has 150 valence electrons. The number of halogens is 1. The summed E-state index contributed by atoms with van der Waals surface area (Å²) in [6.45, 7) is 1.02. The summed E-state index contributed by atoms with van der Waals surface area (Å²) in [4.78, 5) is 19.3. The number of nitrogens with zero attached hydrogens (tertiary/aromatic N) is 2. The molecule has 0 saturated carbocycles. The standard InChI is InChI=1S/C23H25ClN4O/c1-28(2)16-8-10-17-9-3-6-13-20(17)26-22-21(14-7-15-25-22)27-23(29)18-11-4-5-12-19(18)24/h3-7,9,11-15H,8,10,16H2,1-2H3,(H,25,26)(H,27,29). The second-order valence-corrected chi connectivity index (χ2v) is 7.43. The van der Waals surface area contributed by atoms with Gasteiger partial charge >= 0.3 is 0 Å². The van der Waals surface area contributed by atoms with Crippen LogP contribution in [-0.2, 0) is 6.42 Å². The van der Waals surface area contributed by atoms with Gasteiger partial charge in [-0.05, 0) is 69.4 Å². The molecule has 0 saturated heterocycles. The molecule has 0 bridgehead atoms. The second kappa shape index (κ2) is 10.0. The summed E-state index contributed by atoms with van der Waals surface area (Å²) < 4.78 is 0. The van der Waals surface area contributed by atoms with Crippen molar-refractivity contribution in [3.63, 3.8) is 0 Å². The number of rotatable bonds is 8. The van der Waals surface area contributed by atoms with Gasteiger partial charge in [-0.3, -0.25) is 4.79 Å².